The van der Waals surface area contributed by atoms with Crippen LogP contribution in [-0.2, 0) is 60.7 Å². The maximum atomic E-state index is 14.8. The summed E-state index contributed by atoms with van der Waals surface area (Å²) >= 11 is 1.14. The molecule has 0 bridgehead atoms. The Hall–Kier alpha value is -5.44. The molecule has 1 aromatic heterocycles. The van der Waals surface area contributed by atoms with Crippen molar-refractivity contribution >= 4 is 64.3 Å². The number of nitrogens with zero attached hydrogens (tertiary/aromatic N) is 3. The zero-order chi connectivity index (χ0) is 59.6. The molecular formula is C60H95N7O12S. The Morgan fingerprint density at radius 2 is 1.56 bits per heavy atom. The van der Waals surface area contributed by atoms with Crippen LogP contribution in [0.4, 0.5) is 0 Å². The van der Waals surface area contributed by atoms with E-state index in [1.165, 1.54) is 6.92 Å². The number of nitrogens with two attached hydrogens (primary N) is 2. The first-order valence-corrected chi connectivity index (χ1v) is 30.0. The van der Waals surface area contributed by atoms with Crippen molar-refractivity contribution in [3.05, 3.63) is 51.5 Å². The second-order valence-electron chi connectivity index (χ2n) is 22.7. The van der Waals surface area contributed by atoms with Gasteiger partial charge in [0.15, 0.2) is 17.7 Å². The summed E-state index contributed by atoms with van der Waals surface area (Å²) in [5, 5.41) is 17.7. The number of ether oxygens (including phenoxy) is 2. The molecule has 1 saturated heterocycles. The number of thiazole rings is 1. The molecule has 2 heterocycles. The molecule has 0 unspecified atom stereocenters. The molecule has 0 saturated carbocycles. The molecule has 1 fully saturated rings. The van der Waals surface area contributed by atoms with Crippen molar-refractivity contribution < 1.29 is 57.7 Å². The second kappa shape index (κ2) is 35.4. The van der Waals surface area contributed by atoms with Gasteiger partial charge in [-0.2, -0.15) is 0 Å². The maximum absolute atomic E-state index is 14.8. The van der Waals surface area contributed by atoms with Crippen LogP contribution in [0.15, 0.2) is 29.6 Å². The van der Waals surface area contributed by atoms with Crippen LogP contribution in [0.25, 0.3) is 0 Å². The number of Topliss-reactive ketones (excluding diaryl/α,β-unsaturated/α-hetero) is 3. The predicted molar refractivity (Wildman–Crippen MR) is 308 cm³/mol. The number of aliphatic carboxylic acids is 1. The van der Waals surface area contributed by atoms with Gasteiger partial charge in [0.2, 0.25) is 17.7 Å². The van der Waals surface area contributed by atoms with Gasteiger partial charge in [-0.15, -0.1) is 11.3 Å². The molecule has 0 aliphatic carbocycles. The van der Waals surface area contributed by atoms with Gasteiger partial charge in [-0.05, 0) is 87.4 Å². The molecule has 19 nitrogen and oxygen atoms in total. The molecule has 80 heavy (non-hydrogen) atoms. The van der Waals surface area contributed by atoms with E-state index in [4.69, 9.17) is 20.9 Å². The minimum absolute atomic E-state index is 0.0150. The number of likely N-dealkylation sites (N-methyl/N-ethyl adjacent to an activating group) is 1. The zero-order valence-electron chi connectivity index (χ0n) is 49.4. The van der Waals surface area contributed by atoms with Gasteiger partial charge in [0.05, 0.1) is 31.2 Å². The molecule has 1 aliphatic heterocycles. The summed E-state index contributed by atoms with van der Waals surface area (Å²) in [7, 11) is 1.97. The third kappa shape index (κ3) is 23.2. The lowest BCUT2D eigenvalue weighted by atomic mass is 9.82. The van der Waals surface area contributed by atoms with E-state index in [0.717, 1.165) is 49.1 Å². The number of carboxylic acids is 1. The van der Waals surface area contributed by atoms with Crippen LogP contribution in [-0.4, -0.2) is 137 Å². The van der Waals surface area contributed by atoms with Gasteiger partial charge in [0.1, 0.15) is 16.5 Å². The number of amides is 4. The number of hydrogen-bond acceptors (Lipinski definition) is 15. The van der Waals surface area contributed by atoms with Crippen LogP contribution in [0.2, 0.25) is 0 Å². The van der Waals surface area contributed by atoms with Gasteiger partial charge in [-0.3, -0.25) is 48.1 Å². The second-order valence-corrected chi connectivity index (χ2v) is 23.6. The normalized spacial score (nSPS) is 16.8. The zero-order valence-corrected chi connectivity index (χ0v) is 50.2. The van der Waals surface area contributed by atoms with Crippen LogP contribution in [0, 0.1) is 35.5 Å². The molecule has 1 aromatic carbocycles. The SMILES string of the molecule is CCCN(C(=O)[C@@H](CC(=O)[C@H]1CCCCN1C)[C@@H](C)CC)[C@H](C[C@@H](OC(C)=O)c1nc(C(=O)N[C@@H](Cc2ccc(CC(=O)[C@H](CCCCC(N)=O)NC(=O)[C@@H](CC(=O)CCOCCN)C(C)C)cc2)C[C@H](C)C(=O)O)cs1)C(C)C. The monoisotopic (exact) mass is 1140 g/mol. The molecule has 9 atom stereocenters. The minimum atomic E-state index is -1.04. The number of piperidine rings is 1. The summed E-state index contributed by atoms with van der Waals surface area (Å²) in [6.07, 6.45) is 5.26. The number of hydrogen-bond donors (Lipinski definition) is 5. The lowest BCUT2D eigenvalue weighted by Gasteiger charge is -2.39. The van der Waals surface area contributed by atoms with Crippen molar-refractivity contribution in [2.45, 2.75) is 195 Å². The van der Waals surface area contributed by atoms with Crippen LogP contribution in [0.5, 0.6) is 0 Å². The van der Waals surface area contributed by atoms with E-state index < -0.39 is 71.6 Å². The predicted octanol–water partition coefficient (Wildman–Crippen LogP) is 7.20. The third-order valence-electron chi connectivity index (χ3n) is 15.4. The fourth-order valence-corrected chi connectivity index (χ4v) is 11.3. The highest BCUT2D eigenvalue weighted by molar-refractivity contribution is 7.09. The van der Waals surface area contributed by atoms with Gasteiger partial charge in [0, 0.05) is 87.8 Å². The number of unbranched alkanes of at least 4 members (excludes halogenated alkanes) is 1. The minimum Gasteiger partial charge on any atom is -0.481 e. The number of primary amides is 1. The van der Waals surface area contributed by atoms with E-state index >= 15 is 0 Å². The van der Waals surface area contributed by atoms with Crippen LogP contribution < -0.4 is 22.1 Å². The van der Waals surface area contributed by atoms with Crippen molar-refractivity contribution in [1.82, 2.24) is 25.4 Å². The molecule has 7 N–H and O–H groups in total. The van der Waals surface area contributed by atoms with Crippen molar-refractivity contribution in [1.29, 1.82) is 0 Å². The van der Waals surface area contributed by atoms with E-state index in [9.17, 15) is 48.3 Å². The Morgan fingerprint density at radius 1 is 0.875 bits per heavy atom. The highest BCUT2D eigenvalue weighted by Gasteiger charge is 2.39. The Labute approximate surface area is 479 Å². The molecule has 20 heteroatoms. The molecule has 4 amide bonds. The van der Waals surface area contributed by atoms with Gasteiger partial charge in [0.25, 0.3) is 5.91 Å². The average Bonchev–Trinajstić information content (AvgIpc) is 3.90. The smallest absolute Gasteiger partial charge is 0.306 e. The van der Waals surface area contributed by atoms with Crippen molar-refractivity contribution in [3.63, 3.8) is 0 Å². The lowest BCUT2D eigenvalue weighted by Crippen LogP contribution is -2.50. The fraction of sp³-hybridized carbons (Fsp3) is 0.700. The van der Waals surface area contributed by atoms with Crippen LogP contribution in [0.3, 0.4) is 0 Å². The van der Waals surface area contributed by atoms with Crippen LogP contribution in [0.1, 0.15) is 185 Å². The van der Waals surface area contributed by atoms with E-state index in [2.05, 4.69) is 20.5 Å². The number of nitrogens with one attached hydrogen (secondary N) is 2. The van der Waals surface area contributed by atoms with Crippen LogP contribution >= 0.6 is 11.3 Å². The first-order chi connectivity index (χ1) is 37.9. The van der Waals surface area contributed by atoms with Crippen molar-refractivity contribution in [2.24, 2.45) is 47.0 Å². The highest BCUT2D eigenvalue weighted by Crippen LogP contribution is 2.34. The average molecular weight is 1140 g/mol. The number of benzene rings is 1. The molecule has 0 radical (unpaired) electrons. The van der Waals surface area contributed by atoms with E-state index in [0.29, 0.717) is 49.5 Å². The Bertz CT molecular complexity index is 2320. The number of aromatic nitrogens is 1. The number of carboxylic acid groups (broad SMARTS) is 1. The van der Waals surface area contributed by atoms with Crippen molar-refractivity contribution in [2.75, 3.05) is 39.9 Å². The summed E-state index contributed by atoms with van der Waals surface area (Å²) < 4.78 is 11.3. The fourth-order valence-electron chi connectivity index (χ4n) is 10.4. The summed E-state index contributed by atoms with van der Waals surface area (Å²) in [4.78, 5) is 128. The Morgan fingerprint density at radius 3 is 2.15 bits per heavy atom. The summed E-state index contributed by atoms with van der Waals surface area (Å²) in [6, 6.07) is 4.94. The van der Waals surface area contributed by atoms with Gasteiger partial charge in [-0.25, -0.2) is 4.98 Å². The number of rotatable bonds is 39. The Kier molecular flexibility index (Phi) is 30.5. The Balaban J connectivity index is 1.84. The maximum Gasteiger partial charge on any atom is 0.306 e. The number of ketones is 3. The summed E-state index contributed by atoms with van der Waals surface area (Å²) in [6.45, 7) is 18.7. The van der Waals surface area contributed by atoms with E-state index in [1.54, 1.807) is 36.6 Å². The number of esters is 1. The molecule has 1 aliphatic rings. The number of likely N-dealkylation sites (tertiary alicyclic amines) is 1. The van der Waals surface area contributed by atoms with E-state index in [1.807, 2.05) is 60.4 Å². The third-order valence-corrected chi connectivity index (χ3v) is 16.4. The molecule has 3 rings (SSSR count). The topological polar surface area (TPSA) is 288 Å². The molecule has 448 valence electrons. The summed E-state index contributed by atoms with van der Waals surface area (Å²) in [5.41, 5.74) is 12.3. The standard InChI is InChI=1S/C60H95N7O12S/c1-11-26-67(59(75)47(39(7)12-2)34-53(71)50-18-15-16-27-66(50)10)51(38(5)6)35-54(79-41(9)68)58-65-49(36-80-58)57(74)63-44(30-40(8)60(76)77)31-42-20-22-43(23-21-42)32-52(70)48(17-13-14-19-55(62)72)64-56(73)46(37(3)4)33-45(69)24-28-78-29-25-61/h20-23,36-40,44,46-48,50-51,54H,11-19,24-35,61H2,1-10H3,(H2,62,72)(H,63,74)(H,64,73)(H,76,77)/t39-,40-,44+,46-,47-,48-,50+,51+,54+/m0/s1. The van der Waals surface area contributed by atoms with Crippen molar-refractivity contribution in [3.8, 4) is 0 Å². The quantitative estimate of drug-likeness (QED) is 0.0327. The molecule has 2 aromatic rings. The highest BCUT2D eigenvalue weighted by atomic mass is 32.1. The van der Waals surface area contributed by atoms with Gasteiger partial charge >= 0.3 is 11.9 Å². The number of carbonyl (C=O) groups excluding carboxylic acids is 8. The van der Waals surface area contributed by atoms with Gasteiger partial charge < -0.3 is 41.6 Å². The van der Waals surface area contributed by atoms with Gasteiger partial charge in [-0.1, -0.05) is 98.9 Å². The first-order valence-electron chi connectivity index (χ1n) is 29.1. The summed E-state index contributed by atoms with van der Waals surface area (Å²) in [5.74, 6) is -5.84. The van der Waals surface area contributed by atoms with E-state index in [-0.39, 0.29) is 117 Å². The first kappa shape index (κ1) is 68.8. The number of carbonyl (C=O) groups is 9. The largest absolute Gasteiger partial charge is 0.481 e. The molecule has 0 spiro atoms. The lowest BCUT2D eigenvalue weighted by molar-refractivity contribution is -0.150. The molecular weight excluding hydrogens is 1040 g/mol.